The molecule has 3 rings (SSSR count). The molecule has 2 aliphatic heterocycles. The van der Waals surface area contributed by atoms with Crippen molar-refractivity contribution in [2.75, 3.05) is 18.4 Å². The SMILES string of the molecule is c1ccc2c(c1)C[C@H]([C@H]1CCCN1)CN2. The first-order valence-electron chi connectivity index (χ1n) is 5.98. The van der Waals surface area contributed by atoms with E-state index >= 15 is 0 Å². The number of hydrogen-bond acceptors (Lipinski definition) is 2. The summed E-state index contributed by atoms with van der Waals surface area (Å²) in [5, 5.41) is 7.17. The molecule has 0 aromatic heterocycles. The summed E-state index contributed by atoms with van der Waals surface area (Å²) >= 11 is 0. The number of rotatable bonds is 1. The van der Waals surface area contributed by atoms with E-state index in [2.05, 4.69) is 34.9 Å². The second-order valence-corrected chi connectivity index (χ2v) is 4.71. The van der Waals surface area contributed by atoms with Crippen LogP contribution in [0.2, 0.25) is 0 Å². The first-order chi connectivity index (χ1) is 7.43. The van der Waals surface area contributed by atoms with Crippen LogP contribution in [0.1, 0.15) is 18.4 Å². The van der Waals surface area contributed by atoms with Crippen molar-refractivity contribution in [3.05, 3.63) is 29.8 Å². The number of fused-ring (bicyclic) bond motifs is 1. The van der Waals surface area contributed by atoms with Crippen LogP contribution >= 0.6 is 0 Å². The van der Waals surface area contributed by atoms with Crippen LogP contribution in [-0.2, 0) is 6.42 Å². The molecule has 0 saturated carbocycles. The van der Waals surface area contributed by atoms with Gasteiger partial charge in [-0.2, -0.15) is 0 Å². The van der Waals surface area contributed by atoms with Crippen LogP contribution < -0.4 is 10.6 Å². The number of anilines is 1. The molecule has 80 valence electrons. The van der Waals surface area contributed by atoms with Crippen LogP contribution in [0.5, 0.6) is 0 Å². The lowest BCUT2D eigenvalue weighted by Gasteiger charge is -2.30. The summed E-state index contributed by atoms with van der Waals surface area (Å²) < 4.78 is 0. The van der Waals surface area contributed by atoms with E-state index in [1.54, 1.807) is 0 Å². The lowest BCUT2D eigenvalue weighted by molar-refractivity contribution is 0.396. The van der Waals surface area contributed by atoms with Gasteiger partial charge in [-0.15, -0.1) is 0 Å². The topological polar surface area (TPSA) is 24.1 Å². The summed E-state index contributed by atoms with van der Waals surface area (Å²) in [6, 6.07) is 9.44. The number of para-hydroxylation sites is 1. The molecule has 2 atom stereocenters. The average Bonchev–Trinajstić information content (AvgIpc) is 2.82. The first kappa shape index (κ1) is 9.22. The minimum absolute atomic E-state index is 0.742. The molecule has 1 aromatic rings. The maximum absolute atomic E-state index is 3.62. The predicted octanol–water partition coefficient (Wildman–Crippen LogP) is 2.02. The van der Waals surface area contributed by atoms with Gasteiger partial charge >= 0.3 is 0 Å². The number of nitrogens with one attached hydrogen (secondary N) is 2. The summed E-state index contributed by atoms with van der Waals surface area (Å²) in [5.41, 5.74) is 2.83. The molecular formula is C13H18N2. The Morgan fingerprint density at radius 3 is 3.00 bits per heavy atom. The average molecular weight is 202 g/mol. The summed E-state index contributed by atoms with van der Waals surface area (Å²) in [5.74, 6) is 0.780. The minimum atomic E-state index is 0.742. The molecular weight excluding hydrogens is 184 g/mol. The largest absolute Gasteiger partial charge is 0.384 e. The van der Waals surface area contributed by atoms with Crippen molar-refractivity contribution < 1.29 is 0 Å². The maximum Gasteiger partial charge on any atom is 0.0372 e. The Balaban J connectivity index is 1.76. The summed E-state index contributed by atoms with van der Waals surface area (Å²) in [4.78, 5) is 0. The van der Waals surface area contributed by atoms with Gasteiger partial charge in [-0.25, -0.2) is 0 Å². The van der Waals surface area contributed by atoms with Crippen LogP contribution in [0.4, 0.5) is 5.69 Å². The smallest absolute Gasteiger partial charge is 0.0372 e. The van der Waals surface area contributed by atoms with Gasteiger partial charge in [0.1, 0.15) is 0 Å². The van der Waals surface area contributed by atoms with Crippen LogP contribution in [0.25, 0.3) is 0 Å². The van der Waals surface area contributed by atoms with E-state index in [0.717, 1.165) is 18.5 Å². The van der Waals surface area contributed by atoms with Gasteiger partial charge in [0.2, 0.25) is 0 Å². The first-order valence-corrected chi connectivity index (χ1v) is 5.98. The molecule has 2 aliphatic rings. The van der Waals surface area contributed by atoms with E-state index in [0.29, 0.717) is 0 Å². The second-order valence-electron chi connectivity index (χ2n) is 4.71. The molecule has 0 amide bonds. The molecule has 15 heavy (non-hydrogen) atoms. The molecule has 2 heteroatoms. The Morgan fingerprint density at radius 2 is 2.13 bits per heavy atom. The van der Waals surface area contributed by atoms with Gasteiger partial charge in [0, 0.05) is 18.3 Å². The zero-order valence-electron chi connectivity index (χ0n) is 9.00. The highest BCUT2D eigenvalue weighted by molar-refractivity contribution is 5.53. The van der Waals surface area contributed by atoms with Gasteiger partial charge in [0.05, 0.1) is 0 Å². The Kier molecular flexibility index (Phi) is 2.37. The number of hydrogen-bond donors (Lipinski definition) is 2. The fourth-order valence-electron chi connectivity index (χ4n) is 2.86. The zero-order chi connectivity index (χ0) is 10.1. The Hall–Kier alpha value is -1.02. The molecule has 0 bridgehead atoms. The van der Waals surface area contributed by atoms with E-state index in [-0.39, 0.29) is 0 Å². The molecule has 1 aromatic carbocycles. The molecule has 0 unspecified atom stereocenters. The van der Waals surface area contributed by atoms with Gasteiger partial charge in [-0.05, 0) is 43.4 Å². The standard InChI is InChI=1S/C13H18N2/c1-2-5-12-10(4-1)8-11(9-15-12)13-6-3-7-14-13/h1-2,4-5,11,13-15H,3,6-9H2/t11-,13+/m0/s1. The van der Waals surface area contributed by atoms with Crippen molar-refractivity contribution in [1.82, 2.24) is 5.32 Å². The quantitative estimate of drug-likeness (QED) is 0.728. The van der Waals surface area contributed by atoms with Crippen LogP contribution in [0.15, 0.2) is 24.3 Å². The Morgan fingerprint density at radius 1 is 1.20 bits per heavy atom. The molecule has 1 fully saturated rings. The highest BCUT2D eigenvalue weighted by atomic mass is 15.0. The van der Waals surface area contributed by atoms with Gasteiger partial charge in [-0.3, -0.25) is 0 Å². The van der Waals surface area contributed by atoms with E-state index in [1.807, 2.05) is 0 Å². The molecule has 0 spiro atoms. The normalized spacial score (nSPS) is 29.6. The Bertz CT molecular complexity index is 342. The highest BCUT2D eigenvalue weighted by Gasteiger charge is 2.27. The molecule has 0 radical (unpaired) electrons. The van der Waals surface area contributed by atoms with Crippen LogP contribution in [0.3, 0.4) is 0 Å². The zero-order valence-corrected chi connectivity index (χ0v) is 9.00. The van der Waals surface area contributed by atoms with Crippen LogP contribution in [0, 0.1) is 5.92 Å². The fourth-order valence-corrected chi connectivity index (χ4v) is 2.86. The van der Waals surface area contributed by atoms with Crippen molar-refractivity contribution in [2.45, 2.75) is 25.3 Å². The maximum atomic E-state index is 3.62. The Labute approximate surface area is 91.1 Å². The fraction of sp³-hybridized carbons (Fsp3) is 0.538. The molecule has 2 N–H and O–H groups in total. The molecule has 1 saturated heterocycles. The van der Waals surface area contributed by atoms with Gasteiger partial charge < -0.3 is 10.6 Å². The molecule has 2 heterocycles. The predicted molar refractivity (Wildman–Crippen MR) is 63.2 cm³/mol. The monoisotopic (exact) mass is 202 g/mol. The van der Waals surface area contributed by atoms with Gasteiger partial charge in [0.15, 0.2) is 0 Å². The molecule has 2 nitrogen and oxygen atoms in total. The van der Waals surface area contributed by atoms with Crippen LogP contribution in [-0.4, -0.2) is 19.1 Å². The van der Waals surface area contributed by atoms with Gasteiger partial charge in [-0.1, -0.05) is 18.2 Å². The molecule has 0 aliphatic carbocycles. The summed E-state index contributed by atoms with van der Waals surface area (Å²) in [6.45, 7) is 2.34. The highest BCUT2D eigenvalue weighted by Crippen LogP contribution is 2.28. The van der Waals surface area contributed by atoms with E-state index in [1.165, 1.54) is 37.1 Å². The third-order valence-corrected chi connectivity index (χ3v) is 3.72. The lowest BCUT2D eigenvalue weighted by atomic mass is 9.87. The van der Waals surface area contributed by atoms with E-state index in [9.17, 15) is 0 Å². The van der Waals surface area contributed by atoms with Crippen molar-refractivity contribution in [3.8, 4) is 0 Å². The van der Waals surface area contributed by atoms with E-state index in [4.69, 9.17) is 0 Å². The number of benzene rings is 1. The van der Waals surface area contributed by atoms with Crippen molar-refractivity contribution in [2.24, 2.45) is 5.92 Å². The van der Waals surface area contributed by atoms with E-state index < -0.39 is 0 Å². The summed E-state index contributed by atoms with van der Waals surface area (Å²) in [7, 11) is 0. The van der Waals surface area contributed by atoms with Crippen molar-refractivity contribution >= 4 is 5.69 Å². The minimum Gasteiger partial charge on any atom is -0.384 e. The lowest BCUT2D eigenvalue weighted by Crippen LogP contribution is -2.38. The third-order valence-electron chi connectivity index (χ3n) is 3.72. The van der Waals surface area contributed by atoms with Crippen molar-refractivity contribution in [1.29, 1.82) is 0 Å². The third kappa shape index (κ3) is 1.74. The second kappa shape index (κ2) is 3.86. The summed E-state index contributed by atoms with van der Waals surface area (Å²) in [6.07, 6.45) is 3.94. The van der Waals surface area contributed by atoms with Crippen molar-refractivity contribution in [3.63, 3.8) is 0 Å². The van der Waals surface area contributed by atoms with Gasteiger partial charge in [0.25, 0.3) is 0 Å².